The van der Waals surface area contributed by atoms with Gasteiger partial charge in [0.2, 0.25) is 0 Å². The number of urea groups is 1. The first-order valence-electron chi connectivity index (χ1n) is 6.13. The van der Waals surface area contributed by atoms with Gasteiger partial charge < -0.3 is 15.3 Å². The highest BCUT2D eigenvalue weighted by atomic mass is 32.2. The maximum atomic E-state index is 11.9. The van der Waals surface area contributed by atoms with Crippen LogP contribution in [0.2, 0.25) is 0 Å². The highest BCUT2D eigenvalue weighted by Gasteiger charge is 2.18. The van der Waals surface area contributed by atoms with Crippen LogP contribution in [-0.4, -0.2) is 53.6 Å². The number of carbonyl (C=O) groups excluding carboxylic acids is 1. The van der Waals surface area contributed by atoms with E-state index in [-0.39, 0.29) is 24.4 Å². The fourth-order valence-electron chi connectivity index (χ4n) is 1.62. The Morgan fingerprint density at radius 1 is 1.44 bits per heavy atom. The summed E-state index contributed by atoms with van der Waals surface area (Å²) in [6, 6.07) is 0.0860. The van der Waals surface area contributed by atoms with Crippen molar-refractivity contribution in [3.63, 3.8) is 0 Å². The highest BCUT2D eigenvalue weighted by Crippen LogP contribution is 2.08. The second-order valence-corrected chi connectivity index (χ2v) is 5.43. The van der Waals surface area contributed by atoms with E-state index in [1.807, 2.05) is 13.2 Å². The number of nitrogens with one attached hydrogen (secondary N) is 1. The molecule has 18 heavy (non-hydrogen) atoms. The van der Waals surface area contributed by atoms with Crippen molar-refractivity contribution in [1.82, 2.24) is 10.2 Å². The van der Waals surface area contributed by atoms with Crippen LogP contribution in [0.3, 0.4) is 0 Å². The second kappa shape index (κ2) is 9.08. The van der Waals surface area contributed by atoms with Gasteiger partial charge in [-0.25, -0.2) is 4.79 Å². The monoisotopic (exact) mass is 276 g/mol. The maximum Gasteiger partial charge on any atom is 0.317 e. The minimum absolute atomic E-state index is 0.0551. The average Bonchev–Trinajstić information content (AvgIpc) is 2.31. The molecule has 2 unspecified atom stereocenters. The van der Waals surface area contributed by atoms with Crippen molar-refractivity contribution in [3.8, 4) is 0 Å². The summed E-state index contributed by atoms with van der Waals surface area (Å²) in [4.78, 5) is 24.1. The molecule has 0 aliphatic heterocycles. The largest absolute Gasteiger partial charge is 0.481 e. The number of carbonyl (C=O) groups is 2. The second-order valence-electron chi connectivity index (χ2n) is 4.52. The van der Waals surface area contributed by atoms with E-state index < -0.39 is 5.97 Å². The molecular weight excluding hydrogens is 252 g/mol. The Morgan fingerprint density at radius 2 is 2.06 bits per heavy atom. The zero-order chi connectivity index (χ0) is 14.1. The molecule has 0 heterocycles. The molecule has 2 atom stereocenters. The van der Waals surface area contributed by atoms with Gasteiger partial charge in [-0.15, -0.1) is 0 Å². The lowest BCUT2D eigenvalue weighted by Crippen LogP contribution is -2.45. The molecule has 2 amide bonds. The SMILES string of the molecule is CCC(CSC)N(C)C(=O)NCC(C)CC(=O)O. The van der Waals surface area contributed by atoms with Gasteiger partial charge in [0.1, 0.15) is 0 Å². The first-order chi connectivity index (χ1) is 8.42. The van der Waals surface area contributed by atoms with Gasteiger partial charge in [0.25, 0.3) is 0 Å². The van der Waals surface area contributed by atoms with Gasteiger partial charge in [-0.1, -0.05) is 13.8 Å². The van der Waals surface area contributed by atoms with Crippen LogP contribution in [0.5, 0.6) is 0 Å². The van der Waals surface area contributed by atoms with Gasteiger partial charge in [-0.2, -0.15) is 11.8 Å². The van der Waals surface area contributed by atoms with Gasteiger partial charge in [0.05, 0.1) is 0 Å². The number of nitrogens with zero attached hydrogens (tertiary/aromatic N) is 1. The Hall–Kier alpha value is -0.910. The van der Waals surface area contributed by atoms with Crippen LogP contribution in [0.4, 0.5) is 4.79 Å². The summed E-state index contributed by atoms with van der Waals surface area (Å²) >= 11 is 1.71. The molecule has 0 rings (SSSR count). The molecule has 0 aliphatic carbocycles. The van der Waals surface area contributed by atoms with E-state index >= 15 is 0 Å². The molecule has 0 aromatic heterocycles. The van der Waals surface area contributed by atoms with E-state index in [1.165, 1.54) is 0 Å². The Bertz CT molecular complexity index is 274. The van der Waals surface area contributed by atoms with Crippen molar-refractivity contribution in [2.75, 3.05) is 25.6 Å². The number of carboxylic acids is 1. The van der Waals surface area contributed by atoms with Crippen LogP contribution >= 0.6 is 11.8 Å². The first kappa shape index (κ1) is 17.1. The molecule has 0 saturated carbocycles. The molecule has 6 heteroatoms. The van der Waals surface area contributed by atoms with E-state index in [0.717, 1.165) is 12.2 Å². The zero-order valence-electron chi connectivity index (χ0n) is 11.6. The van der Waals surface area contributed by atoms with Crippen LogP contribution in [0.15, 0.2) is 0 Å². The van der Waals surface area contributed by atoms with Crippen LogP contribution in [-0.2, 0) is 4.79 Å². The fraction of sp³-hybridized carbons (Fsp3) is 0.833. The van der Waals surface area contributed by atoms with E-state index in [0.29, 0.717) is 6.54 Å². The summed E-state index contributed by atoms with van der Waals surface area (Å²) < 4.78 is 0. The number of thioether (sulfide) groups is 1. The standard InChI is InChI=1S/C12H24N2O3S/c1-5-10(8-18-4)14(3)12(17)13-7-9(2)6-11(15)16/h9-10H,5-8H2,1-4H3,(H,13,17)(H,15,16). The van der Waals surface area contributed by atoms with Gasteiger partial charge >= 0.3 is 12.0 Å². The summed E-state index contributed by atoms with van der Waals surface area (Å²) in [5, 5.41) is 11.4. The summed E-state index contributed by atoms with van der Waals surface area (Å²) in [6.07, 6.45) is 3.00. The molecule has 0 fully saturated rings. The molecule has 106 valence electrons. The average molecular weight is 276 g/mol. The van der Waals surface area contributed by atoms with Gasteiger partial charge in [-0.3, -0.25) is 4.79 Å². The summed E-state index contributed by atoms with van der Waals surface area (Å²) in [5.41, 5.74) is 0. The zero-order valence-corrected chi connectivity index (χ0v) is 12.4. The third-order valence-corrected chi connectivity index (χ3v) is 3.54. The third-order valence-electron chi connectivity index (χ3n) is 2.82. The Labute approximate surface area is 113 Å². The van der Waals surface area contributed by atoms with E-state index in [9.17, 15) is 9.59 Å². The van der Waals surface area contributed by atoms with E-state index in [2.05, 4.69) is 12.2 Å². The predicted octanol–water partition coefficient (Wildman–Crippen LogP) is 1.88. The van der Waals surface area contributed by atoms with Crippen molar-refractivity contribution in [2.24, 2.45) is 5.92 Å². The predicted molar refractivity (Wildman–Crippen MR) is 75.0 cm³/mol. The number of carboxylic acid groups (broad SMARTS) is 1. The lowest BCUT2D eigenvalue weighted by atomic mass is 10.1. The molecule has 2 N–H and O–H groups in total. The summed E-state index contributed by atoms with van der Waals surface area (Å²) in [5.74, 6) is 0.0184. The molecule has 0 bridgehead atoms. The Balaban J connectivity index is 4.10. The molecule has 0 aromatic rings. The van der Waals surface area contributed by atoms with E-state index in [4.69, 9.17) is 5.11 Å². The lowest BCUT2D eigenvalue weighted by Gasteiger charge is -2.27. The van der Waals surface area contributed by atoms with Crippen molar-refractivity contribution in [1.29, 1.82) is 0 Å². The van der Waals surface area contributed by atoms with Crippen molar-refractivity contribution >= 4 is 23.8 Å². The number of amides is 2. The highest BCUT2D eigenvalue weighted by molar-refractivity contribution is 7.98. The smallest absolute Gasteiger partial charge is 0.317 e. The van der Waals surface area contributed by atoms with Crippen LogP contribution < -0.4 is 5.32 Å². The van der Waals surface area contributed by atoms with Crippen LogP contribution in [0, 0.1) is 5.92 Å². The van der Waals surface area contributed by atoms with Gasteiger partial charge in [-0.05, 0) is 18.6 Å². The minimum atomic E-state index is -0.834. The minimum Gasteiger partial charge on any atom is -0.481 e. The summed E-state index contributed by atoms with van der Waals surface area (Å²) in [6.45, 7) is 4.26. The molecule has 0 spiro atoms. The molecule has 0 radical (unpaired) electrons. The normalized spacial score (nSPS) is 13.8. The molecule has 5 nitrogen and oxygen atoms in total. The Kier molecular flexibility index (Phi) is 8.62. The van der Waals surface area contributed by atoms with E-state index in [1.54, 1.807) is 23.7 Å². The fourth-order valence-corrected chi connectivity index (χ4v) is 2.46. The summed E-state index contributed by atoms with van der Waals surface area (Å²) in [7, 11) is 1.78. The Morgan fingerprint density at radius 3 is 2.50 bits per heavy atom. The third kappa shape index (κ3) is 6.74. The molecular formula is C12H24N2O3S. The number of rotatable bonds is 8. The molecule has 0 aliphatic rings. The van der Waals surface area contributed by atoms with Gasteiger partial charge in [0.15, 0.2) is 0 Å². The van der Waals surface area contributed by atoms with Crippen molar-refractivity contribution in [3.05, 3.63) is 0 Å². The van der Waals surface area contributed by atoms with Gasteiger partial charge in [0, 0.05) is 31.8 Å². The van der Waals surface area contributed by atoms with Crippen LogP contribution in [0.25, 0.3) is 0 Å². The maximum absolute atomic E-state index is 11.9. The topological polar surface area (TPSA) is 69.6 Å². The number of aliphatic carboxylic acids is 1. The van der Waals surface area contributed by atoms with Crippen molar-refractivity contribution in [2.45, 2.75) is 32.7 Å². The van der Waals surface area contributed by atoms with Crippen LogP contribution in [0.1, 0.15) is 26.7 Å². The first-order valence-corrected chi connectivity index (χ1v) is 7.53. The molecule has 0 saturated heterocycles. The lowest BCUT2D eigenvalue weighted by molar-refractivity contribution is -0.137. The number of hydrogen-bond acceptors (Lipinski definition) is 3. The number of hydrogen-bond donors (Lipinski definition) is 2. The molecule has 0 aromatic carbocycles. The quantitative estimate of drug-likeness (QED) is 0.710. The van der Waals surface area contributed by atoms with Crippen molar-refractivity contribution < 1.29 is 14.7 Å².